The number of benzene rings is 1. The summed E-state index contributed by atoms with van der Waals surface area (Å²) in [5, 5.41) is 12.9. The van der Waals surface area contributed by atoms with E-state index in [0.29, 0.717) is 5.69 Å². The molecule has 2 rings (SSSR count). The van der Waals surface area contributed by atoms with Crippen LogP contribution in [0, 0.1) is 5.82 Å². The summed E-state index contributed by atoms with van der Waals surface area (Å²) in [6.45, 7) is 4.15. The lowest BCUT2D eigenvalue weighted by atomic mass is 9.96. The molecule has 0 aromatic heterocycles. The van der Waals surface area contributed by atoms with E-state index in [0.717, 1.165) is 4.90 Å². The van der Waals surface area contributed by atoms with Gasteiger partial charge >= 0.3 is 6.09 Å². The van der Waals surface area contributed by atoms with E-state index in [1.54, 1.807) is 13.8 Å². The number of rotatable bonds is 3. The van der Waals surface area contributed by atoms with Crippen LogP contribution in [0.3, 0.4) is 0 Å². The van der Waals surface area contributed by atoms with Gasteiger partial charge < -0.3 is 15.2 Å². The largest absolute Gasteiger partial charge is 0.438 e. The summed E-state index contributed by atoms with van der Waals surface area (Å²) in [6, 6.07) is 5.22. The number of hydrogen-bond donors (Lipinski definition) is 2. The van der Waals surface area contributed by atoms with Crippen LogP contribution >= 0.6 is 0 Å². The van der Waals surface area contributed by atoms with Crippen molar-refractivity contribution in [2.75, 3.05) is 11.9 Å². The number of cyclic esters (lactones) is 1. The summed E-state index contributed by atoms with van der Waals surface area (Å²) in [6.07, 6.45) is -0.765. The van der Waals surface area contributed by atoms with E-state index in [2.05, 4.69) is 5.32 Å². The first-order valence-corrected chi connectivity index (χ1v) is 6.42. The van der Waals surface area contributed by atoms with Gasteiger partial charge in [0.1, 0.15) is 12.4 Å². The van der Waals surface area contributed by atoms with Crippen LogP contribution in [0.25, 0.3) is 0 Å². The highest BCUT2D eigenvalue weighted by molar-refractivity contribution is 5.94. The molecule has 0 aliphatic carbocycles. The molecule has 6 nitrogen and oxygen atoms in total. The summed E-state index contributed by atoms with van der Waals surface area (Å²) in [5.74, 6) is -0.933. The molecule has 0 spiro atoms. The number of carbonyl (C=O) groups excluding carboxylic acids is 2. The van der Waals surface area contributed by atoms with Gasteiger partial charge in [-0.2, -0.15) is 0 Å². The topological polar surface area (TPSA) is 78.9 Å². The second kappa shape index (κ2) is 5.00. The van der Waals surface area contributed by atoms with E-state index in [1.807, 2.05) is 0 Å². The van der Waals surface area contributed by atoms with Gasteiger partial charge in [-0.25, -0.2) is 9.18 Å². The predicted molar refractivity (Wildman–Crippen MR) is 72.9 cm³/mol. The number of carbonyl (C=O) groups is 2. The molecule has 1 aliphatic rings. The van der Waals surface area contributed by atoms with Gasteiger partial charge in [0.25, 0.3) is 0 Å². The number of amides is 2. The van der Waals surface area contributed by atoms with E-state index in [1.165, 1.54) is 31.2 Å². The standard InChI is InChI=1S/C14H17FN2O4/c1-13(2)14(3,20)17(12(19)21-13)8-11(18)16-10-6-4-9(15)5-7-10/h4-7,20H,8H2,1-3H3,(H,16,18). The van der Waals surface area contributed by atoms with Gasteiger partial charge in [-0.3, -0.25) is 9.69 Å². The van der Waals surface area contributed by atoms with E-state index < -0.39 is 29.1 Å². The van der Waals surface area contributed by atoms with E-state index in [4.69, 9.17) is 4.74 Å². The molecule has 1 fully saturated rings. The van der Waals surface area contributed by atoms with Crippen molar-refractivity contribution in [1.82, 2.24) is 4.90 Å². The minimum atomic E-state index is -1.61. The minimum absolute atomic E-state index is 0.368. The molecule has 1 saturated heterocycles. The molecular weight excluding hydrogens is 279 g/mol. The van der Waals surface area contributed by atoms with Crippen LogP contribution in [-0.4, -0.2) is 39.9 Å². The van der Waals surface area contributed by atoms with E-state index in [-0.39, 0.29) is 6.54 Å². The third-order valence-electron chi connectivity index (χ3n) is 3.66. The van der Waals surface area contributed by atoms with Crippen LogP contribution in [0.4, 0.5) is 14.9 Å². The van der Waals surface area contributed by atoms with Crippen LogP contribution in [0.2, 0.25) is 0 Å². The van der Waals surface area contributed by atoms with Gasteiger partial charge in [-0.1, -0.05) is 0 Å². The first-order chi connectivity index (χ1) is 9.63. The average Bonchev–Trinajstić information content (AvgIpc) is 2.51. The van der Waals surface area contributed by atoms with Gasteiger partial charge in [0.15, 0.2) is 11.3 Å². The SMILES string of the molecule is CC1(C)OC(=O)N(CC(=O)Nc2ccc(F)cc2)C1(C)O. The molecule has 1 aliphatic heterocycles. The second-order valence-electron chi connectivity index (χ2n) is 5.54. The molecule has 1 aromatic carbocycles. The lowest BCUT2D eigenvalue weighted by Crippen LogP contribution is -2.55. The Kier molecular flexibility index (Phi) is 3.63. The molecule has 0 radical (unpaired) electrons. The summed E-state index contributed by atoms with van der Waals surface area (Å²) in [4.78, 5) is 24.6. The molecule has 7 heteroatoms. The van der Waals surface area contributed by atoms with Crippen molar-refractivity contribution in [2.45, 2.75) is 32.1 Å². The van der Waals surface area contributed by atoms with Crippen molar-refractivity contribution in [3.05, 3.63) is 30.1 Å². The lowest BCUT2D eigenvalue weighted by molar-refractivity contribution is -0.137. The molecule has 0 bridgehead atoms. The molecule has 1 heterocycles. The fourth-order valence-electron chi connectivity index (χ4n) is 1.97. The molecule has 0 saturated carbocycles. The fourth-order valence-corrected chi connectivity index (χ4v) is 1.97. The Morgan fingerprint density at radius 2 is 1.90 bits per heavy atom. The highest BCUT2D eigenvalue weighted by atomic mass is 19.1. The Bertz CT molecular complexity index is 569. The molecule has 1 unspecified atom stereocenters. The molecule has 1 atom stereocenters. The smallest absolute Gasteiger partial charge is 0.413 e. The Balaban J connectivity index is 2.06. The quantitative estimate of drug-likeness (QED) is 0.890. The van der Waals surface area contributed by atoms with Crippen molar-refractivity contribution in [1.29, 1.82) is 0 Å². The van der Waals surface area contributed by atoms with Crippen LogP contribution in [0.5, 0.6) is 0 Å². The first-order valence-electron chi connectivity index (χ1n) is 6.42. The molecule has 2 N–H and O–H groups in total. The first kappa shape index (κ1) is 15.2. The zero-order valence-electron chi connectivity index (χ0n) is 12.0. The number of aliphatic hydroxyl groups is 1. The van der Waals surface area contributed by atoms with Crippen LogP contribution in [-0.2, 0) is 9.53 Å². The molecule has 21 heavy (non-hydrogen) atoms. The summed E-state index contributed by atoms with van der Waals surface area (Å²) >= 11 is 0. The number of anilines is 1. The monoisotopic (exact) mass is 296 g/mol. The van der Waals surface area contributed by atoms with Crippen molar-refractivity contribution < 1.29 is 23.8 Å². The maximum absolute atomic E-state index is 12.8. The summed E-state index contributed by atoms with van der Waals surface area (Å²) in [7, 11) is 0. The number of hydrogen-bond acceptors (Lipinski definition) is 4. The highest BCUT2D eigenvalue weighted by Crippen LogP contribution is 2.36. The highest BCUT2D eigenvalue weighted by Gasteiger charge is 2.56. The van der Waals surface area contributed by atoms with Gasteiger partial charge in [-0.05, 0) is 45.0 Å². The summed E-state index contributed by atoms with van der Waals surface area (Å²) in [5.41, 5.74) is -2.34. The second-order valence-corrected chi connectivity index (χ2v) is 5.54. The number of nitrogens with zero attached hydrogens (tertiary/aromatic N) is 1. The molecule has 1 aromatic rings. The van der Waals surface area contributed by atoms with E-state index in [9.17, 15) is 19.1 Å². The Labute approximate surface area is 121 Å². The third kappa shape index (κ3) is 2.82. The van der Waals surface area contributed by atoms with Gasteiger partial charge in [0.2, 0.25) is 5.91 Å². The van der Waals surface area contributed by atoms with Crippen molar-refractivity contribution in [3.63, 3.8) is 0 Å². The fraction of sp³-hybridized carbons (Fsp3) is 0.429. The van der Waals surface area contributed by atoms with Gasteiger partial charge in [0, 0.05) is 5.69 Å². The molecular formula is C14H17FN2O4. The van der Waals surface area contributed by atoms with Crippen molar-refractivity contribution in [3.8, 4) is 0 Å². The minimum Gasteiger partial charge on any atom is -0.438 e. The van der Waals surface area contributed by atoms with Gasteiger partial charge in [0.05, 0.1) is 0 Å². The molecule has 114 valence electrons. The lowest BCUT2D eigenvalue weighted by Gasteiger charge is -2.34. The number of nitrogens with one attached hydrogen (secondary N) is 1. The maximum atomic E-state index is 12.8. The summed E-state index contributed by atoms with van der Waals surface area (Å²) < 4.78 is 17.8. The van der Waals surface area contributed by atoms with Crippen LogP contribution in [0.15, 0.2) is 24.3 Å². The van der Waals surface area contributed by atoms with Crippen molar-refractivity contribution >= 4 is 17.7 Å². The van der Waals surface area contributed by atoms with Crippen LogP contribution < -0.4 is 5.32 Å². The van der Waals surface area contributed by atoms with Crippen molar-refractivity contribution in [2.24, 2.45) is 0 Å². The maximum Gasteiger partial charge on any atom is 0.413 e. The zero-order chi connectivity index (χ0) is 15.8. The molecule has 2 amide bonds. The number of halogens is 1. The predicted octanol–water partition coefficient (Wildman–Crippen LogP) is 1.70. The zero-order valence-corrected chi connectivity index (χ0v) is 12.0. The Morgan fingerprint density at radius 1 is 1.33 bits per heavy atom. The normalized spacial score (nSPS) is 23.9. The Hall–Kier alpha value is -2.15. The van der Waals surface area contributed by atoms with Gasteiger partial charge in [-0.15, -0.1) is 0 Å². The third-order valence-corrected chi connectivity index (χ3v) is 3.66. The average molecular weight is 296 g/mol. The van der Waals surface area contributed by atoms with E-state index >= 15 is 0 Å². The Morgan fingerprint density at radius 3 is 2.38 bits per heavy atom. The number of ether oxygens (including phenoxy) is 1. The van der Waals surface area contributed by atoms with Crippen LogP contribution in [0.1, 0.15) is 20.8 Å².